The van der Waals surface area contributed by atoms with Crippen LogP contribution in [0.4, 0.5) is 0 Å². The van der Waals surface area contributed by atoms with Gasteiger partial charge in [0.25, 0.3) is 0 Å². The average molecular weight is 180 g/mol. The molecule has 4 nitrogen and oxygen atoms in total. The van der Waals surface area contributed by atoms with Crippen LogP contribution in [0.5, 0.6) is 0 Å². The average Bonchev–Trinajstić information content (AvgIpc) is 2.51. The number of aromatic nitrogens is 3. The number of fused-ring (bicyclic) bond motifs is 1. The van der Waals surface area contributed by atoms with Gasteiger partial charge in [0, 0.05) is 12.8 Å². The van der Waals surface area contributed by atoms with Gasteiger partial charge >= 0.3 is 0 Å². The molecule has 13 heavy (non-hydrogen) atoms. The minimum atomic E-state index is 0.111. The Bertz CT molecular complexity index is 292. The van der Waals surface area contributed by atoms with Gasteiger partial charge in [-0.15, -0.1) is 10.2 Å². The van der Waals surface area contributed by atoms with Crippen molar-refractivity contribution >= 4 is 0 Å². The van der Waals surface area contributed by atoms with Crippen molar-refractivity contribution in [1.29, 1.82) is 0 Å². The highest BCUT2D eigenvalue weighted by molar-refractivity contribution is 5.01. The lowest BCUT2D eigenvalue weighted by molar-refractivity contribution is 0.396. The normalized spacial score (nSPS) is 21.5. The minimum absolute atomic E-state index is 0.111. The monoisotopic (exact) mass is 180 g/mol. The van der Waals surface area contributed by atoms with Crippen LogP contribution in [0.15, 0.2) is 0 Å². The molecule has 0 fully saturated rings. The lowest BCUT2D eigenvalue weighted by Crippen LogP contribution is -2.26. The molecule has 1 unspecified atom stereocenters. The van der Waals surface area contributed by atoms with Crippen LogP contribution < -0.4 is 5.73 Å². The molecule has 0 radical (unpaired) electrons. The molecule has 1 aliphatic heterocycles. The third-order valence-corrected chi connectivity index (χ3v) is 2.54. The van der Waals surface area contributed by atoms with Crippen molar-refractivity contribution in [2.24, 2.45) is 5.73 Å². The molecule has 0 amide bonds. The molecule has 0 spiro atoms. The van der Waals surface area contributed by atoms with Gasteiger partial charge in [0.15, 0.2) is 0 Å². The molecule has 0 bridgehead atoms. The van der Waals surface area contributed by atoms with Crippen molar-refractivity contribution in [2.75, 3.05) is 0 Å². The molecule has 1 aromatic heterocycles. The van der Waals surface area contributed by atoms with Gasteiger partial charge in [-0.25, -0.2) is 0 Å². The van der Waals surface area contributed by atoms with E-state index in [9.17, 15) is 0 Å². The summed E-state index contributed by atoms with van der Waals surface area (Å²) in [6, 6.07) is 0. The van der Waals surface area contributed by atoms with E-state index in [2.05, 4.69) is 21.7 Å². The maximum absolute atomic E-state index is 6.00. The second-order valence-electron chi connectivity index (χ2n) is 3.61. The number of hydrogen-bond donors (Lipinski definition) is 1. The lowest BCUT2D eigenvalue weighted by atomic mass is 10.1. The van der Waals surface area contributed by atoms with E-state index in [4.69, 9.17) is 5.73 Å². The predicted octanol–water partition coefficient (Wildman–Crippen LogP) is 1.02. The van der Waals surface area contributed by atoms with Gasteiger partial charge in [-0.05, 0) is 19.3 Å². The third kappa shape index (κ3) is 1.46. The van der Waals surface area contributed by atoms with Crippen molar-refractivity contribution < 1.29 is 0 Å². The largest absolute Gasteiger partial charge is 0.311 e. The highest BCUT2D eigenvalue weighted by atomic mass is 15.3. The van der Waals surface area contributed by atoms with E-state index in [0.717, 1.165) is 43.8 Å². The first kappa shape index (κ1) is 8.69. The molecule has 1 atom stereocenters. The molecule has 1 aliphatic rings. The molecule has 2 rings (SSSR count). The molecule has 0 saturated heterocycles. The standard InChI is InChI=1S/C9H16N4/c1-2-4-8-11-12-9-6-3-5-7(10)13(8)9/h7H,2-6,10H2,1H3. The van der Waals surface area contributed by atoms with Crippen molar-refractivity contribution in [3.63, 3.8) is 0 Å². The Labute approximate surface area is 78.1 Å². The highest BCUT2D eigenvalue weighted by Crippen LogP contribution is 2.21. The second kappa shape index (κ2) is 3.46. The number of hydrogen-bond acceptors (Lipinski definition) is 3. The summed E-state index contributed by atoms with van der Waals surface area (Å²) in [6.07, 6.45) is 5.43. The molecule has 0 aromatic carbocycles. The van der Waals surface area contributed by atoms with Crippen LogP contribution in [-0.4, -0.2) is 14.8 Å². The van der Waals surface area contributed by atoms with E-state index in [1.807, 2.05) is 0 Å². The van der Waals surface area contributed by atoms with Gasteiger partial charge in [-0.2, -0.15) is 0 Å². The van der Waals surface area contributed by atoms with Crippen LogP contribution in [0.2, 0.25) is 0 Å². The van der Waals surface area contributed by atoms with Gasteiger partial charge < -0.3 is 5.73 Å². The zero-order valence-corrected chi connectivity index (χ0v) is 8.03. The van der Waals surface area contributed by atoms with E-state index in [0.29, 0.717) is 0 Å². The van der Waals surface area contributed by atoms with Crippen molar-refractivity contribution in [3.05, 3.63) is 11.6 Å². The number of nitrogens with zero attached hydrogens (tertiary/aromatic N) is 3. The number of rotatable bonds is 2. The first-order chi connectivity index (χ1) is 6.33. The minimum Gasteiger partial charge on any atom is -0.311 e. The Balaban J connectivity index is 2.32. The van der Waals surface area contributed by atoms with E-state index >= 15 is 0 Å². The maximum atomic E-state index is 6.00. The predicted molar refractivity (Wildman–Crippen MR) is 50.2 cm³/mol. The summed E-state index contributed by atoms with van der Waals surface area (Å²) in [6.45, 7) is 2.15. The summed E-state index contributed by atoms with van der Waals surface area (Å²) >= 11 is 0. The summed E-state index contributed by atoms with van der Waals surface area (Å²) in [5, 5.41) is 8.33. The fourth-order valence-corrected chi connectivity index (χ4v) is 1.91. The molecular weight excluding hydrogens is 164 g/mol. The van der Waals surface area contributed by atoms with Crippen molar-refractivity contribution in [2.45, 2.75) is 45.2 Å². The van der Waals surface area contributed by atoms with Gasteiger partial charge in [0.05, 0.1) is 6.17 Å². The molecule has 2 heterocycles. The van der Waals surface area contributed by atoms with Crippen molar-refractivity contribution in [1.82, 2.24) is 14.8 Å². The van der Waals surface area contributed by atoms with Crippen LogP contribution in [-0.2, 0) is 12.8 Å². The van der Waals surface area contributed by atoms with E-state index in [1.54, 1.807) is 0 Å². The SMILES string of the molecule is CCCc1nnc2n1C(N)CCC2. The summed E-state index contributed by atoms with van der Waals surface area (Å²) in [7, 11) is 0. The first-order valence-electron chi connectivity index (χ1n) is 5.01. The number of nitrogens with two attached hydrogens (primary N) is 1. The van der Waals surface area contributed by atoms with Crippen LogP contribution in [0, 0.1) is 0 Å². The van der Waals surface area contributed by atoms with Crippen LogP contribution in [0.25, 0.3) is 0 Å². The Morgan fingerprint density at radius 1 is 1.54 bits per heavy atom. The maximum Gasteiger partial charge on any atom is 0.134 e. The van der Waals surface area contributed by atoms with Crippen LogP contribution in [0.1, 0.15) is 44.0 Å². The highest BCUT2D eigenvalue weighted by Gasteiger charge is 2.20. The smallest absolute Gasteiger partial charge is 0.134 e. The van der Waals surface area contributed by atoms with Gasteiger partial charge in [-0.3, -0.25) is 4.57 Å². The zero-order chi connectivity index (χ0) is 9.26. The third-order valence-electron chi connectivity index (χ3n) is 2.54. The summed E-state index contributed by atoms with van der Waals surface area (Å²) < 4.78 is 2.12. The van der Waals surface area contributed by atoms with Gasteiger partial charge in [-0.1, -0.05) is 6.92 Å². The molecule has 2 N–H and O–H groups in total. The van der Waals surface area contributed by atoms with Gasteiger partial charge in [0.1, 0.15) is 11.6 Å². The summed E-state index contributed by atoms with van der Waals surface area (Å²) in [5.41, 5.74) is 6.00. The Kier molecular flexibility index (Phi) is 2.31. The van der Waals surface area contributed by atoms with Crippen LogP contribution >= 0.6 is 0 Å². The number of aryl methyl sites for hydroxylation is 2. The summed E-state index contributed by atoms with van der Waals surface area (Å²) in [5.74, 6) is 2.13. The fourth-order valence-electron chi connectivity index (χ4n) is 1.91. The van der Waals surface area contributed by atoms with E-state index in [-0.39, 0.29) is 6.17 Å². The lowest BCUT2D eigenvalue weighted by Gasteiger charge is -2.22. The van der Waals surface area contributed by atoms with Crippen LogP contribution in [0.3, 0.4) is 0 Å². The quantitative estimate of drug-likeness (QED) is 0.739. The molecule has 0 aliphatic carbocycles. The fraction of sp³-hybridized carbons (Fsp3) is 0.778. The molecule has 1 aromatic rings. The van der Waals surface area contributed by atoms with Gasteiger partial charge in [0.2, 0.25) is 0 Å². The molecule has 4 heteroatoms. The van der Waals surface area contributed by atoms with Crippen molar-refractivity contribution in [3.8, 4) is 0 Å². The molecular formula is C9H16N4. The molecule has 0 saturated carbocycles. The Hall–Kier alpha value is -0.900. The Morgan fingerprint density at radius 2 is 2.38 bits per heavy atom. The van der Waals surface area contributed by atoms with E-state index in [1.165, 1.54) is 0 Å². The topological polar surface area (TPSA) is 56.7 Å². The zero-order valence-electron chi connectivity index (χ0n) is 8.03. The molecule has 72 valence electrons. The first-order valence-corrected chi connectivity index (χ1v) is 5.01. The second-order valence-corrected chi connectivity index (χ2v) is 3.61. The Morgan fingerprint density at radius 3 is 3.15 bits per heavy atom. The van der Waals surface area contributed by atoms with E-state index < -0.39 is 0 Å². The summed E-state index contributed by atoms with van der Waals surface area (Å²) in [4.78, 5) is 0.